The third-order valence-corrected chi connectivity index (χ3v) is 4.36. The Bertz CT molecular complexity index is 953. The zero-order chi connectivity index (χ0) is 19.8. The zero-order valence-electron chi connectivity index (χ0n) is 16.2. The van der Waals surface area contributed by atoms with Crippen molar-refractivity contribution in [3.63, 3.8) is 0 Å². The first-order chi connectivity index (χ1) is 13.7. The van der Waals surface area contributed by atoms with E-state index in [4.69, 9.17) is 4.74 Å². The monoisotopic (exact) mass is 380 g/mol. The molecule has 5 nitrogen and oxygen atoms in total. The molecule has 3 rings (SSSR count). The van der Waals surface area contributed by atoms with Gasteiger partial charge in [0.25, 0.3) is 0 Å². The van der Waals surface area contributed by atoms with Crippen LogP contribution in [-0.2, 0) is 24.4 Å². The Kier molecular flexibility index (Phi) is 6.92. The number of pyridine rings is 1. The van der Waals surface area contributed by atoms with Gasteiger partial charge in [0.15, 0.2) is 5.96 Å². The van der Waals surface area contributed by atoms with Gasteiger partial charge in [-0.15, -0.1) is 0 Å². The van der Waals surface area contributed by atoms with Crippen LogP contribution in [0.2, 0.25) is 0 Å². The number of guanidine groups is 1. The molecule has 0 amide bonds. The average Bonchev–Trinajstić information content (AvgIpc) is 2.72. The van der Waals surface area contributed by atoms with E-state index in [0.29, 0.717) is 24.6 Å². The molecule has 0 bridgehead atoms. The molecule has 0 atom stereocenters. The number of methoxy groups -OCH3 is 1. The number of benzene rings is 2. The van der Waals surface area contributed by atoms with E-state index in [1.54, 1.807) is 19.2 Å². The maximum Gasteiger partial charge on any atom is 0.191 e. The summed E-state index contributed by atoms with van der Waals surface area (Å²) in [6, 6.07) is 15.1. The second-order valence-corrected chi connectivity index (χ2v) is 6.39. The molecule has 3 aromatic rings. The Hall–Kier alpha value is -2.99. The van der Waals surface area contributed by atoms with E-state index in [1.165, 1.54) is 6.07 Å². The summed E-state index contributed by atoms with van der Waals surface area (Å²) in [6.07, 6.45) is 1.82. The van der Waals surface area contributed by atoms with Gasteiger partial charge >= 0.3 is 0 Å². The maximum atomic E-state index is 13.8. The molecular formula is C22H25FN4O. The second-order valence-electron chi connectivity index (χ2n) is 6.39. The van der Waals surface area contributed by atoms with E-state index >= 15 is 0 Å². The molecule has 0 aliphatic carbocycles. The van der Waals surface area contributed by atoms with Gasteiger partial charge < -0.3 is 15.4 Å². The van der Waals surface area contributed by atoms with Gasteiger partial charge in [-0.05, 0) is 42.3 Å². The molecular weight excluding hydrogens is 355 g/mol. The third-order valence-electron chi connectivity index (χ3n) is 4.36. The molecule has 28 heavy (non-hydrogen) atoms. The second kappa shape index (κ2) is 9.80. The summed E-state index contributed by atoms with van der Waals surface area (Å²) in [5.74, 6) is 0.449. The largest absolute Gasteiger partial charge is 0.380 e. The number of nitrogens with one attached hydrogen (secondary N) is 2. The van der Waals surface area contributed by atoms with E-state index in [-0.39, 0.29) is 12.4 Å². The first-order valence-corrected chi connectivity index (χ1v) is 9.32. The maximum absolute atomic E-state index is 13.8. The van der Waals surface area contributed by atoms with Gasteiger partial charge in [0.05, 0.1) is 18.7 Å². The van der Waals surface area contributed by atoms with Crippen LogP contribution in [0, 0.1) is 5.82 Å². The fourth-order valence-corrected chi connectivity index (χ4v) is 2.99. The van der Waals surface area contributed by atoms with E-state index < -0.39 is 0 Å². The third kappa shape index (κ3) is 5.04. The Morgan fingerprint density at radius 1 is 1.11 bits per heavy atom. The van der Waals surface area contributed by atoms with Crippen molar-refractivity contribution >= 4 is 16.9 Å². The molecule has 2 aromatic carbocycles. The van der Waals surface area contributed by atoms with Crippen LogP contribution in [0.25, 0.3) is 10.9 Å². The Morgan fingerprint density at radius 3 is 2.79 bits per heavy atom. The normalized spacial score (nSPS) is 11.6. The molecule has 6 heteroatoms. The number of fused-ring (bicyclic) bond motifs is 1. The molecule has 0 aliphatic heterocycles. The lowest BCUT2D eigenvalue weighted by atomic mass is 10.1. The molecule has 0 unspecified atom stereocenters. The highest BCUT2D eigenvalue weighted by molar-refractivity contribution is 5.83. The Morgan fingerprint density at radius 2 is 1.96 bits per heavy atom. The Labute approximate surface area is 164 Å². The molecule has 1 aromatic heterocycles. The van der Waals surface area contributed by atoms with Crippen molar-refractivity contribution in [3.8, 4) is 0 Å². The summed E-state index contributed by atoms with van der Waals surface area (Å²) >= 11 is 0. The first-order valence-electron chi connectivity index (χ1n) is 9.32. The Balaban J connectivity index is 1.71. The highest BCUT2D eigenvalue weighted by Crippen LogP contribution is 2.16. The van der Waals surface area contributed by atoms with E-state index in [1.807, 2.05) is 37.4 Å². The predicted molar refractivity (Wildman–Crippen MR) is 111 cm³/mol. The van der Waals surface area contributed by atoms with Crippen molar-refractivity contribution in [2.24, 2.45) is 4.99 Å². The van der Waals surface area contributed by atoms with Gasteiger partial charge in [-0.2, -0.15) is 0 Å². The number of halogens is 1. The molecule has 0 aliphatic rings. The van der Waals surface area contributed by atoms with Gasteiger partial charge in [0.2, 0.25) is 0 Å². The van der Waals surface area contributed by atoms with Crippen LogP contribution in [0.4, 0.5) is 4.39 Å². The summed E-state index contributed by atoms with van der Waals surface area (Å²) in [6.45, 7) is 4.10. The first kappa shape index (κ1) is 19.8. The quantitative estimate of drug-likeness (QED) is 0.484. The standard InChI is InChI=1S/C22H25FN4O/c1-3-24-22(26-13-16-8-9-20(23)18(12-16)15-28-2)27-14-17-10-11-25-21-7-5-4-6-19(17)21/h4-12H,3,13-15H2,1-2H3,(H2,24,26,27). The fourth-order valence-electron chi connectivity index (χ4n) is 2.99. The minimum atomic E-state index is -0.260. The number of aromatic nitrogens is 1. The highest BCUT2D eigenvalue weighted by atomic mass is 19.1. The van der Waals surface area contributed by atoms with Gasteiger partial charge in [-0.25, -0.2) is 9.38 Å². The number of hydrogen-bond acceptors (Lipinski definition) is 3. The number of para-hydroxylation sites is 1. The van der Waals surface area contributed by atoms with Crippen molar-refractivity contribution in [2.45, 2.75) is 26.6 Å². The number of nitrogens with zero attached hydrogens (tertiary/aromatic N) is 2. The molecule has 146 valence electrons. The van der Waals surface area contributed by atoms with Crippen LogP contribution in [0.15, 0.2) is 59.7 Å². The number of hydrogen-bond donors (Lipinski definition) is 2. The highest BCUT2D eigenvalue weighted by Gasteiger charge is 2.05. The minimum absolute atomic E-state index is 0.247. The summed E-state index contributed by atoms with van der Waals surface area (Å²) in [5.41, 5.74) is 3.59. The molecule has 0 saturated carbocycles. The van der Waals surface area contributed by atoms with E-state index in [2.05, 4.69) is 26.7 Å². The van der Waals surface area contributed by atoms with Crippen LogP contribution < -0.4 is 10.6 Å². The van der Waals surface area contributed by atoms with Crippen LogP contribution in [-0.4, -0.2) is 24.6 Å². The topological polar surface area (TPSA) is 58.5 Å². The zero-order valence-corrected chi connectivity index (χ0v) is 16.2. The number of aliphatic imine (C=N–C) groups is 1. The van der Waals surface area contributed by atoms with Gasteiger partial charge in [-0.3, -0.25) is 4.98 Å². The molecule has 0 spiro atoms. The lowest BCUT2D eigenvalue weighted by molar-refractivity contribution is 0.181. The van der Waals surface area contributed by atoms with Crippen LogP contribution in [0.5, 0.6) is 0 Å². The SMILES string of the molecule is CCNC(=NCc1ccc(F)c(COC)c1)NCc1ccnc2ccccc12. The van der Waals surface area contributed by atoms with Gasteiger partial charge in [0, 0.05) is 37.3 Å². The predicted octanol–water partition coefficient (Wildman–Crippen LogP) is 3.78. The lowest BCUT2D eigenvalue weighted by Crippen LogP contribution is -2.36. The van der Waals surface area contributed by atoms with Gasteiger partial charge in [-0.1, -0.05) is 24.3 Å². The molecule has 1 heterocycles. The summed E-state index contributed by atoms with van der Waals surface area (Å²) in [7, 11) is 1.56. The van der Waals surface area contributed by atoms with Crippen molar-refractivity contribution in [3.05, 3.63) is 77.2 Å². The van der Waals surface area contributed by atoms with E-state index in [9.17, 15) is 4.39 Å². The minimum Gasteiger partial charge on any atom is -0.380 e. The molecule has 2 N–H and O–H groups in total. The van der Waals surface area contributed by atoms with Crippen LogP contribution in [0.1, 0.15) is 23.6 Å². The summed E-state index contributed by atoms with van der Waals surface area (Å²) in [4.78, 5) is 9.02. The average molecular weight is 380 g/mol. The van der Waals surface area contributed by atoms with Crippen molar-refractivity contribution in [2.75, 3.05) is 13.7 Å². The van der Waals surface area contributed by atoms with Crippen molar-refractivity contribution in [1.82, 2.24) is 15.6 Å². The molecule has 0 radical (unpaired) electrons. The summed E-state index contributed by atoms with van der Waals surface area (Å²) < 4.78 is 18.8. The van der Waals surface area contributed by atoms with Gasteiger partial charge in [0.1, 0.15) is 5.82 Å². The smallest absolute Gasteiger partial charge is 0.191 e. The van der Waals surface area contributed by atoms with E-state index in [0.717, 1.165) is 28.6 Å². The fraction of sp³-hybridized carbons (Fsp3) is 0.273. The van der Waals surface area contributed by atoms with Crippen LogP contribution >= 0.6 is 0 Å². The van der Waals surface area contributed by atoms with Crippen LogP contribution in [0.3, 0.4) is 0 Å². The molecule has 0 fully saturated rings. The number of rotatable bonds is 7. The number of ether oxygens (including phenoxy) is 1. The van der Waals surface area contributed by atoms with Crippen molar-refractivity contribution in [1.29, 1.82) is 0 Å². The molecule has 0 saturated heterocycles. The summed E-state index contributed by atoms with van der Waals surface area (Å²) in [5, 5.41) is 7.73. The lowest BCUT2D eigenvalue weighted by Gasteiger charge is -2.13. The van der Waals surface area contributed by atoms with Crippen molar-refractivity contribution < 1.29 is 9.13 Å².